The number of aliphatic carboxylic acids is 1. The monoisotopic (exact) mass is 484 g/mol. The lowest BCUT2D eigenvalue weighted by molar-refractivity contribution is -0.147. The van der Waals surface area contributed by atoms with E-state index in [1.165, 1.54) is 0 Å². The van der Waals surface area contributed by atoms with Gasteiger partial charge in [-0.05, 0) is 62.9 Å². The Morgan fingerprint density at radius 2 is 1.83 bits per heavy atom. The first-order valence-electron chi connectivity index (χ1n) is 11.8. The van der Waals surface area contributed by atoms with E-state index in [-0.39, 0.29) is 5.91 Å². The zero-order valence-electron chi connectivity index (χ0n) is 20.4. The van der Waals surface area contributed by atoms with Gasteiger partial charge in [-0.3, -0.25) is 14.0 Å². The molecule has 0 spiro atoms. The molecule has 1 fully saturated rings. The predicted octanol–water partition coefficient (Wildman–Crippen LogP) is 4.47. The molecular weight excluding hydrogens is 456 g/mol. The van der Waals surface area contributed by atoms with Crippen molar-refractivity contribution in [2.75, 3.05) is 11.1 Å². The number of anilines is 2. The first-order chi connectivity index (χ1) is 17.1. The van der Waals surface area contributed by atoms with Gasteiger partial charge in [-0.2, -0.15) is 0 Å². The number of carbonyl (C=O) groups excluding carboxylic acids is 1. The van der Waals surface area contributed by atoms with E-state index in [0.717, 1.165) is 17.0 Å². The lowest BCUT2D eigenvalue weighted by Gasteiger charge is -2.25. The summed E-state index contributed by atoms with van der Waals surface area (Å²) in [6.07, 6.45) is 6.83. The summed E-state index contributed by atoms with van der Waals surface area (Å²) in [5.41, 5.74) is 8.63. The molecule has 0 bridgehead atoms. The Labute approximate surface area is 208 Å². The molecule has 1 amide bonds. The molecule has 9 heteroatoms. The van der Waals surface area contributed by atoms with Gasteiger partial charge in [0.1, 0.15) is 28.7 Å². The van der Waals surface area contributed by atoms with Crippen LogP contribution in [0.3, 0.4) is 0 Å². The van der Waals surface area contributed by atoms with Crippen molar-refractivity contribution in [1.29, 1.82) is 0 Å². The first-order valence-corrected chi connectivity index (χ1v) is 11.8. The number of amides is 1. The fourth-order valence-electron chi connectivity index (χ4n) is 5.23. The molecule has 0 radical (unpaired) electrons. The second-order valence-corrected chi connectivity index (χ2v) is 10.2. The van der Waals surface area contributed by atoms with Gasteiger partial charge >= 0.3 is 5.97 Å². The quantitative estimate of drug-likeness (QED) is 0.380. The van der Waals surface area contributed by atoms with Crippen molar-refractivity contribution >= 4 is 29.0 Å². The van der Waals surface area contributed by atoms with Gasteiger partial charge in [-0.1, -0.05) is 19.1 Å². The number of carboxylic acids is 1. The summed E-state index contributed by atoms with van der Waals surface area (Å²) in [4.78, 5) is 38.1. The van der Waals surface area contributed by atoms with Crippen molar-refractivity contribution in [2.24, 2.45) is 5.41 Å². The molecule has 4 N–H and O–H groups in total. The zero-order valence-corrected chi connectivity index (χ0v) is 20.4. The third-order valence-corrected chi connectivity index (χ3v) is 7.23. The maximum atomic E-state index is 12.7. The number of nitrogens with one attached hydrogen (secondary N) is 1. The molecule has 0 saturated heterocycles. The Morgan fingerprint density at radius 3 is 2.50 bits per heavy atom. The van der Waals surface area contributed by atoms with Crippen LogP contribution >= 0.6 is 0 Å². The average molecular weight is 485 g/mol. The van der Waals surface area contributed by atoms with Crippen molar-refractivity contribution in [2.45, 2.75) is 45.4 Å². The molecular formula is C27H28N6O3. The maximum Gasteiger partial charge on any atom is 0.309 e. The second kappa shape index (κ2) is 8.44. The van der Waals surface area contributed by atoms with Crippen LogP contribution in [0.25, 0.3) is 16.8 Å². The van der Waals surface area contributed by atoms with Gasteiger partial charge in [0.05, 0.1) is 5.41 Å². The summed E-state index contributed by atoms with van der Waals surface area (Å²) in [6, 6.07) is 10.8. The van der Waals surface area contributed by atoms with Gasteiger partial charge in [0.25, 0.3) is 5.91 Å². The van der Waals surface area contributed by atoms with E-state index >= 15 is 0 Å². The minimum atomic E-state index is -0.805. The SMILES string of the molecule is Cc1ccnc(NC(=O)c2ccc(-c3nc(C4(C)CCC(C)(C(=O)O)C4)n4ccnc(N)c34)cc2)c1. The molecule has 1 aromatic carbocycles. The molecule has 2 atom stereocenters. The van der Waals surface area contributed by atoms with E-state index in [1.54, 1.807) is 37.5 Å². The number of pyridine rings is 1. The molecule has 36 heavy (non-hydrogen) atoms. The number of rotatable bonds is 5. The Kier molecular flexibility index (Phi) is 5.50. The third kappa shape index (κ3) is 3.96. The predicted molar refractivity (Wildman–Crippen MR) is 137 cm³/mol. The lowest BCUT2D eigenvalue weighted by Crippen LogP contribution is -2.29. The molecule has 9 nitrogen and oxygen atoms in total. The van der Waals surface area contributed by atoms with Gasteiger partial charge in [-0.25, -0.2) is 15.0 Å². The number of aryl methyl sites for hydroxylation is 1. The standard InChI is InChI=1S/C27H28N6O3/c1-16-8-11-29-19(14-16)31-23(34)18-6-4-17(5-7-18)20-21-22(28)30-12-13-33(21)24(32-20)26(2)9-10-27(3,15-26)25(35)36/h4-8,11-14H,9-10,15H2,1-3H3,(H2,28,30)(H,35,36)(H,29,31,34). The number of benzene rings is 1. The number of fused-ring (bicyclic) bond motifs is 1. The van der Waals surface area contributed by atoms with Crippen molar-refractivity contribution in [3.63, 3.8) is 0 Å². The summed E-state index contributed by atoms with van der Waals surface area (Å²) in [6.45, 7) is 5.79. The number of nitrogen functional groups attached to an aromatic ring is 1. The zero-order chi connectivity index (χ0) is 25.7. The molecule has 0 aliphatic heterocycles. The number of nitrogens with zero attached hydrogens (tertiary/aromatic N) is 4. The first kappa shape index (κ1) is 23.5. The maximum absolute atomic E-state index is 12.7. The highest BCUT2D eigenvalue weighted by molar-refractivity contribution is 6.04. The third-order valence-electron chi connectivity index (χ3n) is 7.23. The summed E-state index contributed by atoms with van der Waals surface area (Å²) in [5, 5.41) is 12.6. The highest BCUT2D eigenvalue weighted by atomic mass is 16.4. The van der Waals surface area contributed by atoms with Crippen LogP contribution in [0, 0.1) is 12.3 Å². The summed E-state index contributed by atoms with van der Waals surface area (Å²) >= 11 is 0. The fraction of sp³-hybridized carbons (Fsp3) is 0.296. The molecule has 1 aliphatic rings. The van der Waals surface area contributed by atoms with Gasteiger partial charge in [-0.15, -0.1) is 0 Å². The Bertz CT molecular complexity index is 1500. The summed E-state index contributed by atoms with van der Waals surface area (Å²) < 4.78 is 1.93. The van der Waals surface area contributed by atoms with Crippen LogP contribution in [0.2, 0.25) is 0 Å². The normalized spacial score (nSPS) is 21.5. The fourth-order valence-corrected chi connectivity index (χ4v) is 5.23. The highest BCUT2D eigenvalue weighted by Crippen LogP contribution is 2.51. The van der Waals surface area contributed by atoms with Crippen LogP contribution in [-0.2, 0) is 10.2 Å². The molecule has 3 heterocycles. The van der Waals surface area contributed by atoms with Crippen molar-refractivity contribution < 1.29 is 14.7 Å². The van der Waals surface area contributed by atoms with Crippen LogP contribution in [0.1, 0.15) is 54.9 Å². The number of aromatic nitrogens is 4. The number of imidazole rings is 1. The van der Waals surface area contributed by atoms with E-state index in [4.69, 9.17) is 10.7 Å². The Hall–Kier alpha value is -4.27. The number of carboxylic acid groups (broad SMARTS) is 1. The summed E-state index contributed by atoms with van der Waals surface area (Å²) in [7, 11) is 0. The molecule has 1 saturated carbocycles. The van der Waals surface area contributed by atoms with Gasteiger partial charge in [0, 0.05) is 35.1 Å². The Morgan fingerprint density at radius 1 is 1.08 bits per heavy atom. The largest absolute Gasteiger partial charge is 0.481 e. The van der Waals surface area contributed by atoms with E-state index < -0.39 is 16.8 Å². The molecule has 5 rings (SSSR count). The van der Waals surface area contributed by atoms with Crippen molar-refractivity contribution in [3.8, 4) is 11.3 Å². The van der Waals surface area contributed by atoms with Crippen LogP contribution in [0.5, 0.6) is 0 Å². The van der Waals surface area contributed by atoms with Crippen LogP contribution in [0.15, 0.2) is 55.0 Å². The van der Waals surface area contributed by atoms with Crippen LogP contribution in [-0.4, -0.2) is 36.3 Å². The minimum Gasteiger partial charge on any atom is -0.481 e. The topological polar surface area (TPSA) is 136 Å². The van der Waals surface area contributed by atoms with E-state index in [2.05, 4.69) is 22.2 Å². The molecule has 3 aromatic heterocycles. The van der Waals surface area contributed by atoms with Gasteiger partial charge in [0.2, 0.25) is 0 Å². The second-order valence-electron chi connectivity index (χ2n) is 10.2. The summed E-state index contributed by atoms with van der Waals surface area (Å²) in [5.74, 6) is 0.539. The van der Waals surface area contributed by atoms with Gasteiger partial charge in [0.15, 0.2) is 0 Å². The van der Waals surface area contributed by atoms with Gasteiger partial charge < -0.3 is 16.2 Å². The van der Waals surface area contributed by atoms with Crippen LogP contribution < -0.4 is 11.1 Å². The van der Waals surface area contributed by atoms with Crippen LogP contribution in [0.4, 0.5) is 11.6 Å². The number of hydrogen-bond acceptors (Lipinski definition) is 6. The van der Waals surface area contributed by atoms with E-state index in [1.807, 2.05) is 35.7 Å². The number of carbonyl (C=O) groups is 2. The Balaban J connectivity index is 1.51. The highest BCUT2D eigenvalue weighted by Gasteiger charge is 2.50. The average Bonchev–Trinajstić information content (AvgIpc) is 3.40. The van der Waals surface area contributed by atoms with Crippen molar-refractivity contribution in [3.05, 3.63) is 71.9 Å². The van der Waals surface area contributed by atoms with E-state index in [0.29, 0.717) is 47.7 Å². The number of nitrogens with two attached hydrogens (primary N) is 1. The smallest absolute Gasteiger partial charge is 0.309 e. The minimum absolute atomic E-state index is 0.261. The molecule has 1 aliphatic carbocycles. The molecule has 2 unspecified atom stereocenters. The lowest BCUT2D eigenvalue weighted by atomic mass is 9.81. The molecule has 4 aromatic rings. The van der Waals surface area contributed by atoms with E-state index in [9.17, 15) is 14.7 Å². The molecule has 184 valence electrons. The number of hydrogen-bond donors (Lipinski definition) is 3. The van der Waals surface area contributed by atoms with Crippen molar-refractivity contribution in [1.82, 2.24) is 19.4 Å².